The van der Waals surface area contributed by atoms with Gasteiger partial charge in [-0.3, -0.25) is 10.1 Å². The van der Waals surface area contributed by atoms with Gasteiger partial charge < -0.3 is 10.5 Å². The molecule has 1 atom stereocenters. The Morgan fingerprint density at radius 1 is 1.33 bits per heavy atom. The van der Waals surface area contributed by atoms with E-state index in [-0.39, 0.29) is 28.5 Å². The first-order valence-electron chi connectivity index (χ1n) is 5.68. The van der Waals surface area contributed by atoms with Gasteiger partial charge in [0.15, 0.2) is 0 Å². The number of nitrogens with zero attached hydrogens (tertiary/aromatic N) is 4. The highest BCUT2D eigenvalue weighted by atomic mass is 16.6. The van der Waals surface area contributed by atoms with E-state index >= 15 is 0 Å². The molecule has 1 aromatic carbocycles. The van der Waals surface area contributed by atoms with Crippen LogP contribution < -0.4 is 10.5 Å². The zero-order valence-electron chi connectivity index (χ0n) is 10.5. The highest BCUT2D eigenvalue weighted by Gasteiger charge is 2.36. The van der Waals surface area contributed by atoms with Crippen molar-refractivity contribution in [1.82, 2.24) is 0 Å². The van der Waals surface area contributed by atoms with E-state index in [2.05, 4.69) is 0 Å². The lowest BCUT2D eigenvalue weighted by Gasteiger charge is -2.26. The molecule has 2 rings (SSSR count). The Kier molecular flexibility index (Phi) is 3.43. The van der Waals surface area contributed by atoms with Crippen molar-refractivity contribution in [2.24, 2.45) is 11.7 Å². The van der Waals surface area contributed by atoms with E-state index in [9.17, 15) is 10.1 Å². The molecule has 1 aliphatic rings. The van der Waals surface area contributed by atoms with Crippen molar-refractivity contribution in [1.29, 1.82) is 15.8 Å². The summed E-state index contributed by atoms with van der Waals surface area (Å²) < 4.78 is 5.23. The molecule has 0 saturated carbocycles. The second-order valence-electron chi connectivity index (χ2n) is 4.18. The second kappa shape index (κ2) is 5.20. The zero-order chi connectivity index (χ0) is 15.6. The summed E-state index contributed by atoms with van der Waals surface area (Å²) in [6.07, 6.45) is 0. The van der Waals surface area contributed by atoms with Crippen molar-refractivity contribution in [3.63, 3.8) is 0 Å². The van der Waals surface area contributed by atoms with Crippen LogP contribution in [0.1, 0.15) is 11.5 Å². The third-order valence-corrected chi connectivity index (χ3v) is 3.07. The molecule has 8 heteroatoms. The lowest BCUT2D eigenvalue weighted by atomic mass is 9.80. The molecule has 1 aromatic rings. The molecule has 21 heavy (non-hydrogen) atoms. The van der Waals surface area contributed by atoms with Crippen molar-refractivity contribution in [2.45, 2.75) is 5.92 Å². The first-order valence-corrected chi connectivity index (χ1v) is 5.68. The number of nitro groups is 1. The maximum atomic E-state index is 10.9. The van der Waals surface area contributed by atoms with Crippen molar-refractivity contribution in [3.8, 4) is 24.0 Å². The van der Waals surface area contributed by atoms with Crippen molar-refractivity contribution >= 4 is 5.69 Å². The monoisotopic (exact) mass is 281 g/mol. The molecule has 1 heterocycles. The first kappa shape index (κ1) is 13.9. The van der Waals surface area contributed by atoms with E-state index < -0.39 is 16.8 Å². The summed E-state index contributed by atoms with van der Waals surface area (Å²) in [6, 6.07) is 9.07. The molecule has 8 nitrogen and oxygen atoms in total. The number of nitro benzene ring substituents is 1. The molecule has 0 aliphatic carbocycles. The van der Waals surface area contributed by atoms with Crippen LogP contribution >= 0.6 is 0 Å². The Morgan fingerprint density at radius 2 is 2.00 bits per heavy atom. The number of benzene rings is 1. The Bertz CT molecular complexity index is 764. The molecule has 2 N–H and O–H groups in total. The smallest absolute Gasteiger partial charge is 0.269 e. The number of nitriles is 3. The summed E-state index contributed by atoms with van der Waals surface area (Å²) in [7, 11) is 0. The number of ether oxygens (including phenoxy) is 1. The summed E-state index contributed by atoms with van der Waals surface area (Å²) in [5, 5.41) is 38.1. The average Bonchev–Trinajstić information content (AvgIpc) is 2.47. The normalized spacial score (nSPS) is 16.2. The molecule has 102 valence electrons. The van der Waals surface area contributed by atoms with Crippen LogP contribution in [0.2, 0.25) is 0 Å². The fourth-order valence-corrected chi connectivity index (χ4v) is 2.12. The van der Waals surface area contributed by atoms with E-state index in [1.807, 2.05) is 0 Å². The molecule has 0 aromatic heterocycles. The lowest BCUT2D eigenvalue weighted by molar-refractivity contribution is -0.385. The van der Waals surface area contributed by atoms with Crippen LogP contribution in [0.25, 0.3) is 0 Å². The zero-order valence-corrected chi connectivity index (χ0v) is 10.5. The quantitative estimate of drug-likeness (QED) is 0.635. The number of fused-ring (bicyclic) bond motifs is 1. The number of rotatable bonds is 2. The van der Waals surface area contributed by atoms with E-state index in [4.69, 9.17) is 26.3 Å². The number of nitrogens with two attached hydrogens (primary N) is 1. The third-order valence-electron chi connectivity index (χ3n) is 3.07. The van der Waals surface area contributed by atoms with Crippen LogP contribution in [0.3, 0.4) is 0 Å². The number of hydrogen-bond donors (Lipinski definition) is 1. The first-order chi connectivity index (χ1) is 10.0. The maximum Gasteiger partial charge on any atom is 0.269 e. The fourth-order valence-electron chi connectivity index (χ4n) is 2.12. The van der Waals surface area contributed by atoms with E-state index in [0.29, 0.717) is 0 Å². The maximum absolute atomic E-state index is 10.9. The summed E-state index contributed by atoms with van der Waals surface area (Å²) in [4.78, 5) is 10.2. The van der Waals surface area contributed by atoms with Gasteiger partial charge in [-0.05, 0) is 6.07 Å². The van der Waals surface area contributed by atoms with Gasteiger partial charge >= 0.3 is 0 Å². The molecule has 0 bridgehead atoms. The second-order valence-corrected chi connectivity index (χ2v) is 4.18. The summed E-state index contributed by atoms with van der Waals surface area (Å²) in [5.74, 6) is -2.20. The standard InChI is InChI=1S/C13H7N5O3/c14-4-7(5-15)12-9-3-8(18(19)20)1-2-11(9)21-13(17)10(12)6-16/h1-3,7,12H,17H2/t12-/m0/s1. The van der Waals surface area contributed by atoms with Gasteiger partial charge in [0.25, 0.3) is 5.69 Å². The summed E-state index contributed by atoms with van der Waals surface area (Å²) >= 11 is 0. The summed E-state index contributed by atoms with van der Waals surface area (Å²) in [6.45, 7) is 0. The van der Waals surface area contributed by atoms with E-state index in [1.54, 1.807) is 18.2 Å². The van der Waals surface area contributed by atoms with Crippen LogP contribution in [-0.4, -0.2) is 4.92 Å². The number of hydrogen-bond acceptors (Lipinski definition) is 7. The molecule has 0 unspecified atom stereocenters. The molecule has 0 amide bonds. The lowest BCUT2D eigenvalue weighted by Crippen LogP contribution is -2.24. The average molecular weight is 281 g/mol. The van der Waals surface area contributed by atoms with Gasteiger partial charge in [-0.25, -0.2) is 0 Å². The molecule has 1 aliphatic heterocycles. The molecular weight excluding hydrogens is 274 g/mol. The topological polar surface area (TPSA) is 150 Å². The predicted octanol–water partition coefficient (Wildman–Crippen LogP) is 1.43. The van der Waals surface area contributed by atoms with Gasteiger partial charge in [0.2, 0.25) is 5.88 Å². The van der Waals surface area contributed by atoms with Crippen molar-refractivity contribution < 1.29 is 9.66 Å². The van der Waals surface area contributed by atoms with Gasteiger partial charge in [-0.2, -0.15) is 15.8 Å². The van der Waals surface area contributed by atoms with Crippen LogP contribution in [0.5, 0.6) is 5.75 Å². The fraction of sp³-hybridized carbons (Fsp3) is 0.154. The third kappa shape index (κ3) is 2.20. The Labute approximate surface area is 119 Å². The van der Waals surface area contributed by atoms with Crippen molar-refractivity contribution in [2.75, 3.05) is 0 Å². The number of allylic oxidation sites excluding steroid dienone is 1. The van der Waals surface area contributed by atoms with Gasteiger partial charge in [0.05, 0.1) is 28.6 Å². The highest BCUT2D eigenvalue weighted by molar-refractivity contribution is 5.55. The Morgan fingerprint density at radius 3 is 2.52 bits per heavy atom. The minimum absolute atomic E-state index is 0.0869. The van der Waals surface area contributed by atoms with Gasteiger partial charge in [0.1, 0.15) is 17.7 Å². The SMILES string of the molecule is N#CC1=C(N)Oc2ccc([N+](=O)[O-])cc2[C@@H]1C(C#N)C#N. The largest absolute Gasteiger partial charge is 0.440 e. The van der Waals surface area contributed by atoms with Crippen LogP contribution in [0.4, 0.5) is 5.69 Å². The van der Waals surface area contributed by atoms with Crippen LogP contribution in [0.15, 0.2) is 29.7 Å². The Balaban J connectivity index is 2.70. The summed E-state index contributed by atoms with van der Waals surface area (Å²) in [5.41, 5.74) is 5.53. The Hall–Kier alpha value is -3.57. The molecule has 0 fully saturated rings. The molecule has 0 spiro atoms. The number of non-ortho nitro benzene ring substituents is 1. The predicted molar refractivity (Wildman–Crippen MR) is 68.0 cm³/mol. The molecular formula is C13H7N5O3. The molecule has 0 radical (unpaired) electrons. The minimum atomic E-state index is -1.21. The van der Waals surface area contributed by atoms with E-state index in [1.165, 1.54) is 18.2 Å². The van der Waals surface area contributed by atoms with Gasteiger partial charge in [-0.15, -0.1) is 0 Å². The molecule has 0 saturated heterocycles. The van der Waals surface area contributed by atoms with E-state index in [0.717, 1.165) is 0 Å². The minimum Gasteiger partial charge on any atom is -0.440 e. The van der Waals surface area contributed by atoms with Crippen LogP contribution in [-0.2, 0) is 0 Å². The van der Waals surface area contributed by atoms with Gasteiger partial charge in [-0.1, -0.05) is 0 Å². The highest BCUT2D eigenvalue weighted by Crippen LogP contribution is 2.43. The van der Waals surface area contributed by atoms with Crippen LogP contribution in [0, 0.1) is 50.0 Å². The van der Waals surface area contributed by atoms with Gasteiger partial charge in [0, 0.05) is 17.7 Å². The van der Waals surface area contributed by atoms with Crippen molar-refractivity contribution in [3.05, 3.63) is 45.3 Å².